The molecule has 25 heavy (non-hydrogen) atoms. The molecule has 8 heteroatoms. The first-order valence-electron chi connectivity index (χ1n) is 8.64. The molecule has 144 valence electrons. The molecule has 1 rings (SSSR count). The zero-order chi connectivity index (χ0) is 18.9. The van der Waals surface area contributed by atoms with Gasteiger partial charge in [0.2, 0.25) is 0 Å². The molecule has 0 saturated heterocycles. The molecule has 0 amide bonds. The Balaban J connectivity index is 2.95. The van der Waals surface area contributed by atoms with E-state index in [2.05, 4.69) is 0 Å². The number of rotatable bonds is 11. The molecule has 0 bridgehead atoms. The summed E-state index contributed by atoms with van der Waals surface area (Å²) in [4.78, 5) is 12.5. The second-order valence-corrected chi connectivity index (χ2v) is 7.61. The summed E-state index contributed by atoms with van der Waals surface area (Å²) in [6, 6.07) is 4.37. The van der Waals surface area contributed by atoms with Gasteiger partial charge < -0.3 is 9.42 Å². The molecule has 0 N–H and O–H groups in total. The molecule has 0 aromatic heterocycles. The Morgan fingerprint density at radius 3 is 2.04 bits per heavy atom. The smallest absolute Gasteiger partial charge is 0.419 e. The van der Waals surface area contributed by atoms with Crippen LogP contribution >= 0.6 is 7.75 Å². The van der Waals surface area contributed by atoms with Gasteiger partial charge in [-0.05, 0) is 25.0 Å². The lowest BCUT2D eigenvalue weighted by molar-refractivity contribution is -0.205. The van der Waals surface area contributed by atoms with Gasteiger partial charge in [0.25, 0.3) is 7.75 Å². The number of halogens is 3. The maximum atomic E-state index is 13.0. The highest BCUT2D eigenvalue weighted by atomic mass is 31.2. The number of para-hydroxylation sites is 1. The third-order valence-corrected chi connectivity index (χ3v) is 5.31. The predicted molar refractivity (Wildman–Crippen MR) is 90.3 cm³/mol. The van der Waals surface area contributed by atoms with E-state index in [1.807, 2.05) is 13.8 Å². The zero-order valence-corrected chi connectivity index (χ0v) is 15.6. The Hall–Kier alpha value is -1.04. The molecule has 0 heterocycles. The fraction of sp³-hybridized carbons (Fsp3) is 0.647. The van der Waals surface area contributed by atoms with Crippen LogP contribution in [0.15, 0.2) is 24.3 Å². The highest BCUT2D eigenvalue weighted by Gasteiger charge is 2.35. The van der Waals surface area contributed by atoms with Crippen LogP contribution in [0.1, 0.15) is 57.9 Å². The molecule has 0 saturated carbocycles. The van der Waals surface area contributed by atoms with E-state index in [0.717, 1.165) is 37.8 Å². The van der Waals surface area contributed by atoms with Crippen molar-refractivity contribution in [2.24, 2.45) is 0 Å². The van der Waals surface area contributed by atoms with E-state index in [1.165, 1.54) is 16.8 Å². The number of hydrogen-bond donors (Lipinski definition) is 0. The standard InChI is InChI=1S/C17H27F3NO3P/c1-3-5-9-13-21(14-10-6-4-2)25(22,23)24-16-12-8-7-11-15(16)17(18,19)20/h7-8,11-12H,3-6,9-10,13-14H2,1-2H3,(H,22,23)/p-1. The molecular weight excluding hydrogens is 354 g/mol. The van der Waals surface area contributed by atoms with Gasteiger partial charge in [-0.1, -0.05) is 51.7 Å². The van der Waals surface area contributed by atoms with Gasteiger partial charge >= 0.3 is 6.18 Å². The monoisotopic (exact) mass is 380 g/mol. The molecule has 0 aliphatic rings. The molecule has 0 aliphatic carbocycles. The lowest BCUT2D eigenvalue weighted by Crippen LogP contribution is -2.31. The first-order valence-corrected chi connectivity index (χ1v) is 10.1. The summed E-state index contributed by atoms with van der Waals surface area (Å²) in [7, 11) is -4.62. The van der Waals surface area contributed by atoms with E-state index in [9.17, 15) is 22.6 Å². The number of hydrogen-bond acceptors (Lipinski definition) is 3. The maximum Gasteiger partial charge on any atom is 0.419 e. The van der Waals surface area contributed by atoms with Gasteiger partial charge in [-0.15, -0.1) is 0 Å². The summed E-state index contributed by atoms with van der Waals surface area (Å²) < 4.78 is 57.7. The molecule has 1 aromatic rings. The summed E-state index contributed by atoms with van der Waals surface area (Å²) >= 11 is 0. The average molecular weight is 380 g/mol. The summed E-state index contributed by atoms with van der Waals surface area (Å²) in [5.74, 6) is -0.677. The van der Waals surface area contributed by atoms with Gasteiger partial charge in [0.1, 0.15) is 5.75 Å². The van der Waals surface area contributed by atoms with E-state index in [1.54, 1.807) is 0 Å². The zero-order valence-electron chi connectivity index (χ0n) is 14.7. The topological polar surface area (TPSA) is 52.6 Å². The minimum absolute atomic E-state index is 0.256. The highest BCUT2D eigenvalue weighted by Crippen LogP contribution is 2.46. The van der Waals surface area contributed by atoms with Gasteiger partial charge in [0, 0.05) is 13.1 Å². The largest absolute Gasteiger partial charge is 0.756 e. The van der Waals surface area contributed by atoms with Crippen molar-refractivity contribution in [2.45, 2.75) is 58.5 Å². The van der Waals surface area contributed by atoms with Crippen molar-refractivity contribution in [2.75, 3.05) is 13.1 Å². The molecule has 0 spiro atoms. The van der Waals surface area contributed by atoms with Gasteiger partial charge in [-0.3, -0.25) is 4.57 Å². The van der Waals surface area contributed by atoms with Crippen LogP contribution in [0.25, 0.3) is 0 Å². The Bertz CT molecular complexity index is 556. The number of unbranched alkanes of at least 4 members (excludes halogenated alkanes) is 4. The summed E-state index contributed by atoms with van der Waals surface area (Å²) in [5.41, 5.74) is -1.09. The van der Waals surface area contributed by atoms with Crippen molar-refractivity contribution >= 4 is 7.75 Å². The van der Waals surface area contributed by atoms with Crippen molar-refractivity contribution in [1.29, 1.82) is 0 Å². The van der Waals surface area contributed by atoms with Crippen LogP contribution in [0.2, 0.25) is 0 Å². The van der Waals surface area contributed by atoms with Gasteiger partial charge in [-0.2, -0.15) is 13.2 Å². The average Bonchev–Trinajstić information content (AvgIpc) is 2.52. The van der Waals surface area contributed by atoms with E-state index in [4.69, 9.17) is 4.52 Å². The van der Waals surface area contributed by atoms with Crippen molar-refractivity contribution in [3.63, 3.8) is 0 Å². The molecule has 0 aliphatic heterocycles. The van der Waals surface area contributed by atoms with Gasteiger partial charge in [0.05, 0.1) is 5.56 Å². The number of benzene rings is 1. The summed E-state index contributed by atoms with van der Waals surface area (Å²) in [5, 5.41) is 0. The maximum absolute atomic E-state index is 13.0. The molecule has 1 aromatic carbocycles. The van der Waals surface area contributed by atoms with E-state index < -0.39 is 25.2 Å². The Morgan fingerprint density at radius 2 is 1.56 bits per heavy atom. The lowest BCUT2D eigenvalue weighted by atomic mass is 10.2. The molecule has 4 nitrogen and oxygen atoms in total. The first-order chi connectivity index (χ1) is 11.7. The second kappa shape index (κ2) is 10.2. The van der Waals surface area contributed by atoms with Crippen LogP contribution in [0.5, 0.6) is 5.75 Å². The van der Waals surface area contributed by atoms with Crippen molar-refractivity contribution < 1.29 is 27.2 Å². The number of alkyl halides is 3. The highest BCUT2D eigenvalue weighted by molar-refractivity contribution is 7.49. The SMILES string of the molecule is CCCCCN(CCCCC)P(=O)([O-])Oc1ccccc1C(F)(F)F. The normalized spacial score (nSPS) is 14.5. The molecule has 1 unspecified atom stereocenters. The molecule has 0 fully saturated rings. The van der Waals surface area contributed by atoms with Crippen molar-refractivity contribution in [3.8, 4) is 5.75 Å². The Morgan fingerprint density at radius 1 is 1.04 bits per heavy atom. The third kappa shape index (κ3) is 7.38. The minimum Gasteiger partial charge on any atom is -0.756 e. The summed E-state index contributed by atoms with van der Waals surface area (Å²) in [6.07, 6.45) is 0.171. The fourth-order valence-corrected chi connectivity index (χ4v) is 3.70. The van der Waals surface area contributed by atoms with Crippen LogP contribution < -0.4 is 9.42 Å². The Labute approximate surface area is 147 Å². The number of nitrogens with zero attached hydrogens (tertiary/aromatic N) is 1. The lowest BCUT2D eigenvalue weighted by Gasteiger charge is -2.36. The van der Waals surface area contributed by atoms with Crippen LogP contribution in [-0.4, -0.2) is 17.8 Å². The molecular formula is C17H26F3NO3P-. The van der Waals surface area contributed by atoms with E-state index >= 15 is 0 Å². The van der Waals surface area contributed by atoms with Crippen LogP contribution in [0, 0.1) is 0 Å². The van der Waals surface area contributed by atoms with E-state index in [-0.39, 0.29) is 13.1 Å². The predicted octanol–water partition coefficient (Wildman–Crippen LogP) is 5.24. The van der Waals surface area contributed by atoms with Crippen LogP contribution in [0.3, 0.4) is 0 Å². The van der Waals surface area contributed by atoms with Crippen molar-refractivity contribution in [1.82, 2.24) is 4.67 Å². The second-order valence-electron chi connectivity index (χ2n) is 5.92. The fourth-order valence-electron chi connectivity index (χ4n) is 2.41. The minimum atomic E-state index is -4.67. The Kier molecular flexibility index (Phi) is 8.97. The quantitative estimate of drug-likeness (QED) is 0.389. The van der Waals surface area contributed by atoms with Gasteiger partial charge in [-0.25, -0.2) is 4.67 Å². The first kappa shape index (κ1) is 22.0. The third-order valence-electron chi connectivity index (χ3n) is 3.79. The molecule has 0 radical (unpaired) electrons. The van der Waals surface area contributed by atoms with Crippen molar-refractivity contribution in [3.05, 3.63) is 29.8 Å². The van der Waals surface area contributed by atoms with Gasteiger partial charge in [0.15, 0.2) is 0 Å². The van der Waals surface area contributed by atoms with Crippen LogP contribution in [-0.2, 0) is 10.7 Å². The van der Waals surface area contributed by atoms with E-state index in [0.29, 0.717) is 12.8 Å². The van der Waals surface area contributed by atoms with Crippen LogP contribution in [0.4, 0.5) is 13.2 Å². The summed E-state index contributed by atoms with van der Waals surface area (Å²) in [6.45, 7) is 4.50. The molecule has 1 atom stereocenters.